The molecule has 0 aliphatic rings. The van der Waals surface area contributed by atoms with E-state index in [0.717, 1.165) is 17.0 Å². The Hall–Kier alpha value is -2.38. The van der Waals surface area contributed by atoms with E-state index < -0.39 is 17.5 Å². The number of nitrogens with one attached hydrogen (secondary N) is 1. The number of aromatic nitrogens is 2. The van der Waals surface area contributed by atoms with Crippen molar-refractivity contribution in [1.29, 1.82) is 0 Å². The second-order valence-corrected chi connectivity index (χ2v) is 6.51. The molecule has 2 aromatic heterocycles. The Morgan fingerprint density at radius 3 is 2.71 bits per heavy atom. The maximum absolute atomic E-state index is 13.4. The van der Waals surface area contributed by atoms with Gasteiger partial charge in [-0.15, -0.1) is 11.3 Å². The van der Waals surface area contributed by atoms with Gasteiger partial charge in [0, 0.05) is 21.7 Å². The molecule has 0 bridgehead atoms. The molecule has 122 valence electrons. The van der Waals surface area contributed by atoms with Gasteiger partial charge in [0.1, 0.15) is 5.69 Å². The summed E-state index contributed by atoms with van der Waals surface area (Å²) < 4.78 is 26.4. The lowest BCUT2D eigenvalue weighted by Gasteiger charge is -2.01. The molecule has 8 heteroatoms. The van der Waals surface area contributed by atoms with E-state index in [1.165, 1.54) is 29.7 Å². The lowest BCUT2D eigenvalue weighted by Crippen LogP contribution is -2.13. The summed E-state index contributed by atoms with van der Waals surface area (Å²) in [4.78, 5) is 21.1. The van der Waals surface area contributed by atoms with Gasteiger partial charge in [0.05, 0.1) is 5.69 Å². The van der Waals surface area contributed by atoms with Crippen LogP contribution in [0.2, 0.25) is 5.02 Å². The molecule has 1 amide bonds. The van der Waals surface area contributed by atoms with Gasteiger partial charge in [-0.3, -0.25) is 15.1 Å². The van der Waals surface area contributed by atoms with Crippen LogP contribution >= 0.6 is 22.9 Å². The third-order valence-electron chi connectivity index (χ3n) is 3.16. The Labute approximate surface area is 145 Å². The van der Waals surface area contributed by atoms with Crippen molar-refractivity contribution >= 4 is 34.0 Å². The van der Waals surface area contributed by atoms with Gasteiger partial charge >= 0.3 is 0 Å². The highest BCUT2D eigenvalue weighted by molar-refractivity contribution is 7.16. The zero-order chi connectivity index (χ0) is 17.3. The fraction of sp³-hybridized carbons (Fsp3) is 0.0625. The average Bonchev–Trinajstić information content (AvgIpc) is 2.90. The predicted octanol–water partition coefficient (Wildman–Crippen LogP) is 4.70. The van der Waals surface area contributed by atoms with Crippen LogP contribution in [0.1, 0.15) is 15.4 Å². The molecule has 1 aromatic carbocycles. The Morgan fingerprint density at radius 2 is 2.00 bits per heavy atom. The number of hydrogen-bond acceptors (Lipinski definition) is 4. The molecule has 0 saturated heterocycles. The average molecular weight is 366 g/mol. The van der Waals surface area contributed by atoms with Gasteiger partial charge < -0.3 is 0 Å². The van der Waals surface area contributed by atoms with Crippen molar-refractivity contribution in [1.82, 2.24) is 9.97 Å². The number of pyridine rings is 1. The molecule has 0 fully saturated rings. The zero-order valence-electron chi connectivity index (χ0n) is 12.3. The number of rotatable bonds is 3. The minimum Gasteiger partial charge on any atom is -0.296 e. The molecule has 24 heavy (non-hydrogen) atoms. The first-order chi connectivity index (χ1) is 11.4. The largest absolute Gasteiger partial charge is 0.296 e. The van der Waals surface area contributed by atoms with Crippen molar-refractivity contribution in [3.63, 3.8) is 0 Å². The predicted molar refractivity (Wildman–Crippen MR) is 89.4 cm³/mol. The number of thiazole rings is 1. The van der Waals surface area contributed by atoms with E-state index in [0.29, 0.717) is 21.4 Å². The van der Waals surface area contributed by atoms with Gasteiger partial charge in [0.2, 0.25) is 0 Å². The Kier molecular flexibility index (Phi) is 4.55. The molecule has 0 aliphatic heterocycles. The highest BCUT2D eigenvalue weighted by Gasteiger charge is 2.15. The third-order valence-corrected chi connectivity index (χ3v) is 4.29. The van der Waals surface area contributed by atoms with Crippen molar-refractivity contribution in [3.05, 3.63) is 63.8 Å². The second-order valence-electron chi connectivity index (χ2n) is 4.87. The van der Waals surface area contributed by atoms with Crippen LogP contribution < -0.4 is 5.32 Å². The number of amides is 1. The summed E-state index contributed by atoms with van der Waals surface area (Å²) >= 11 is 7.06. The first-order valence-electron chi connectivity index (χ1n) is 6.80. The standard InChI is InChI=1S/C16H10ClF2N3OS/c1-8-14(9-2-3-11(18)12(19)6-9)21-16(24-8)22-15(23)13-7-10(17)4-5-20-13/h2-7H,1H3,(H,21,22,23). The molecule has 4 nitrogen and oxygen atoms in total. The minimum absolute atomic E-state index is 0.157. The molecular formula is C16H10ClF2N3OS. The fourth-order valence-electron chi connectivity index (χ4n) is 2.05. The van der Waals surface area contributed by atoms with E-state index in [2.05, 4.69) is 15.3 Å². The van der Waals surface area contributed by atoms with Gasteiger partial charge in [0.15, 0.2) is 16.8 Å². The number of aryl methyl sites for hydroxylation is 1. The molecule has 3 aromatic rings. The van der Waals surface area contributed by atoms with Crippen LogP contribution in [0.3, 0.4) is 0 Å². The highest BCUT2D eigenvalue weighted by atomic mass is 35.5. The van der Waals surface area contributed by atoms with Gasteiger partial charge in [-0.25, -0.2) is 13.8 Å². The number of carbonyl (C=O) groups is 1. The number of carbonyl (C=O) groups excluding carboxylic acids is 1. The monoisotopic (exact) mass is 365 g/mol. The molecule has 0 aliphatic carbocycles. The Balaban J connectivity index is 1.86. The van der Waals surface area contributed by atoms with Crippen LogP contribution in [0.15, 0.2) is 36.5 Å². The van der Waals surface area contributed by atoms with Gasteiger partial charge in [0.25, 0.3) is 5.91 Å². The lowest BCUT2D eigenvalue weighted by atomic mass is 10.1. The van der Waals surface area contributed by atoms with Gasteiger partial charge in [-0.1, -0.05) is 11.6 Å². The fourth-order valence-corrected chi connectivity index (χ4v) is 3.04. The molecule has 0 unspecified atom stereocenters. The first kappa shape index (κ1) is 16.5. The number of hydrogen-bond donors (Lipinski definition) is 1. The number of anilines is 1. The Bertz CT molecular complexity index is 929. The van der Waals surface area contributed by atoms with Crippen LogP contribution in [0.4, 0.5) is 13.9 Å². The highest BCUT2D eigenvalue weighted by Crippen LogP contribution is 2.31. The van der Waals surface area contributed by atoms with Gasteiger partial charge in [-0.2, -0.15) is 0 Å². The van der Waals surface area contributed by atoms with Crippen LogP contribution in [-0.2, 0) is 0 Å². The van der Waals surface area contributed by atoms with Crippen molar-refractivity contribution < 1.29 is 13.6 Å². The second kappa shape index (κ2) is 6.62. The van der Waals surface area contributed by atoms with Crippen LogP contribution in [0.25, 0.3) is 11.3 Å². The number of halogens is 3. The molecule has 2 heterocycles. The molecule has 0 atom stereocenters. The molecular weight excluding hydrogens is 356 g/mol. The van der Waals surface area contributed by atoms with E-state index in [4.69, 9.17) is 11.6 Å². The van der Waals surface area contributed by atoms with Crippen molar-refractivity contribution in [2.45, 2.75) is 6.92 Å². The summed E-state index contributed by atoms with van der Waals surface area (Å²) in [5, 5.41) is 3.35. The van der Waals surface area contributed by atoms with E-state index >= 15 is 0 Å². The van der Waals surface area contributed by atoms with Crippen LogP contribution in [-0.4, -0.2) is 15.9 Å². The summed E-state index contributed by atoms with van der Waals surface area (Å²) in [7, 11) is 0. The van der Waals surface area contributed by atoms with E-state index in [1.807, 2.05) is 0 Å². The maximum atomic E-state index is 13.4. The summed E-state index contributed by atoms with van der Waals surface area (Å²) in [5.74, 6) is -2.33. The lowest BCUT2D eigenvalue weighted by molar-refractivity contribution is 0.102. The molecule has 1 N–H and O–H groups in total. The SMILES string of the molecule is Cc1sc(NC(=O)c2cc(Cl)ccn2)nc1-c1ccc(F)c(F)c1. The normalized spacial score (nSPS) is 10.7. The molecule has 0 saturated carbocycles. The maximum Gasteiger partial charge on any atom is 0.276 e. The first-order valence-corrected chi connectivity index (χ1v) is 7.99. The number of nitrogens with zero attached hydrogens (tertiary/aromatic N) is 2. The number of benzene rings is 1. The topological polar surface area (TPSA) is 54.9 Å². The smallest absolute Gasteiger partial charge is 0.276 e. The van der Waals surface area contributed by atoms with Crippen LogP contribution in [0.5, 0.6) is 0 Å². The summed E-state index contributed by atoms with van der Waals surface area (Å²) in [5.41, 5.74) is 1.07. The molecule has 3 rings (SSSR count). The van der Waals surface area contributed by atoms with Crippen molar-refractivity contribution in [2.75, 3.05) is 5.32 Å². The van der Waals surface area contributed by atoms with Crippen molar-refractivity contribution in [3.8, 4) is 11.3 Å². The van der Waals surface area contributed by atoms with E-state index in [-0.39, 0.29) is 5.69 Å². The van der Waals surface area contributed by atoms with Crippen molar-refractivity contribution in [2.24, 2.45) is 0 Å². The molecule has 0 radical (unpaired) electrons. The summed E-state index contributed by atoms with van der Waals surface area (Å²) in [6.45, 7) is 1.78. The zero-order valence-corrected chi connectivity index (χ0v) is 13.9. The quantitative estimate of drug-likeness (QED) is 0.732. The van der Waals surface area contributed by atoms with E-state index in [9.17, 15) is 13.6 Å². The third kappa shape index (κ3) is 3.42. The Morgan fingerprint density at radius 1 is 1.21 bits per heavy atom. The minimum atomic E-state index is -0.950. The van der Waals surface area contributed by atoms with E-state index in [1.54, 1.807) is 13.0 Å². The van der Waals surface area contributed by atoms with Gasteiger partial charge in [-0.05, 0) is 37.3 Å². The summed E-state index contributed by atoms with van der Waals surface area (Å²) in [6.07, 6.45) is 1.43. The van der Waals surface area contributed by atoms with Crippen LogP contribution in [0, 0.1) is 18.6 Å². The summed E-state index contributed by atoms with van der Waals surface area (Å²) in [6, 6.07) is 6.55. The molecule has 0 spiro atoms.